The van der Waals surface area contributed by atoms with Crippen LogP contribution in [0.25, 0.3) is 0 Å². The molecule has 0 radical (unpaired) electrons. The molecule has 5 nitrogen and oxygen atoms in total. The number of rotatable bonds is 8. The molecule has 0 aromatic carbocycles. The first-order valence-electron chi connectivity index (χ1n) is 6.66. The molecule has 5 heteroatoms. The van der Waals surface area contributed by atoms with Crippen molar-refractivity contribution in [3.05, 3.63) is 11.9 Å². The van der Waals surface area contributed by atoms with Crippen LogP contribution in [-0.2, 0) is 4.74 Å². The molecule has 0 bridgehead atoms. The molecule has 1 heterocycles. The van der Waals surface area contributed by atoms with Gasteiger partial charge in [0, 0.05) is 25.1 Å². The lowest BCUT2D eigenvalue weighted by atomic mass is 10.4. The van der Waals surface area contributed by atoms with E-state index in [1.54, 1.807) is 0 Å². The Hall–Kier alpha value is -1.36. The van der Waals surface area contributed by atoms with Gasteiger partial charge in [-0.25, -0.2) is 4.98 Å². The zero-order chi connectivity index (χ0) is 12.8. The fraction of sp³-hybridized carbons (Fsp3) is 0.692. The Balaban J connectivity index is 1.98. The summed E-state index contributed by atoms with van der Waals surface area (Å²) in [5, 5.41) is 3.21. The second-order valence-corrected chi connectivity index (χ2v) is 4.30. The van der Waals surface area contributed by atoms with Crippen LogP contribution < -0.4 is 10.1 Å². The third-order valence-corrected chi connectivity index (χ3v) is 2.70. The van der Waals surface area contributed by atoms with Gasteiger partial charge in [0.15, 0.2) is 0 Å². The van der Waals surface area contributed by atoms with Crippen LogP contribution in [0.3, 0.4) is 0 Å². The first-order chi connectivity index (χ1) is 8.83. The topological polar surface area (TPSA) is 56.3 Å². The van der Waals surface area contributed by atoms with Crippen molar-refractivity contribution in [3.63, 3.8) is 0 Å². The molecule has 1 N–H and O–H groups in total. The molecule has 1 saturated carbocycles. The average molecular weight is 251 g/mol. The highest BCUT2D eigenvalue weighted by molar-refractivity contribution is 5.39. The second-order valence-electron chi connectivity index (χ2n) is 4.30. The summed E-state index contributed by atoms with van der Waals surface area (Å²) < 4.78 is 10.8. The van der Waals surface area contributed by atoms with Crippen molar-refractivity contribution < 1.29 is 9.47 Å². The molecule has 100 valence electrons. The third kappa shape index (κ3) is 3.84. The number of hydrogen-bond acceptors (Lipinski definition) is 5. The molecule has 0 unspecified atom stereocenters. The summed E-state index contributed by atoms with van der Waals surface area (Å²) in [5.41, 5.74) is 0. The molecule has 0 saturated heterocycles. The summed E-state index contributed by atoms with van der Waals surface area (Å²) in [4.78, 5) is 8.94. The summed E-state index contributed by atoms with van der Waals surface area (Å²) in [5.74, 6) is 2.92. The molecule has 0 amide bonds. The van der Waals surface area contributed by atoms with E-state index in [9.17, 15) is 0 Å². The van der Waals surface area contributed by atoms with Gasteiger partial charge in [0.05, 0.1) is 6.61 Å². The molecule has 1 fully saturated rings. The summed E-state index contributed by atoms with van der Waals surface area (Å²) in [6, 6.07) is 1.85. The second kappa shape index (κ2) is 6.54. The number of nitrogens with one attached hydrogen (secondary N) is 1. The minimum atomic E-state index is 0.526. The van der Waals surface area contributed by atoms with Crippen LogP contribution in [0.1, 0.15) is 38.4 Å². The highest BCUT2D eigenvalue weighted by Gasteiger charge is 2.27. The first-order valence-corrected chi connectivity index (χ1v) is 6.66. The molecule has 1 aliphatic rings. The molecule has 1 aromatic heterocycles. The van der Waals surface area contributed by atoms with Gasteiger partial charge in [0.2, 0.25) is 5.88 Å². The van der Waals surface area contributed by atoms with Gasteiger partial charge in [0.25, 0.3) is 0 Å². The molecular formula is C13H21N3O2. The zero-order valence-electron chi connectivity index (χ0n) is 11.1. The van der Waals surface area contributed by atoms with Crippen LogP contribution in [0, 0.1) is 0 Å². The fourth-order valence-corrected chi connectivity index (χ4v) is 1.66. The van der Waals surface area contributed by atoms with E-state index in [-0.39, 0.29) is 0 Å². The molecule has 18 heavy (non-hydrogen) atoms. The maximum absolute atomic E-state index is 5.60. The van der Waals surface area contributed by atoms with Gasteiger partial charge in [-0.05, 0) is 26.7 Å². The van der Waals surface area contributed by atoms with E-state index in [1.165, 1.54) is 12.8 Å². The van der Waals surface area contributed by atoms with Crippen LogP contribution in [-0.4, -0.2) is 36.3 Å². The lowest BCUT2D eigenvalue weighted by molar-refractivity contribution is 0.108. The first kappa shape index (κ1) is 13.1. The van der Waals surface area contributed by atoms with Crippen LogP contribution >= 0.6 is 0 Å². The highest BCUT2D eigenvalue weighted by atomic mass is 16.5. The molecule has 2 rings (SSSR count). The van der Waals surface area contributed by atoms with Gasteiger partial charge in [-0.15, -0.1) is 0 Å². The van der Waals surface area contributed by atoms with Crippen molar-refractivity contribution in [1.29, 1.82) is 0 Å². The van der Waals surface area contributed by atoms with Gasteiger partial charge in [-0.3, -0.25) is 0 Å². The number of anilines is 1. The highest BCUT2D eigenvalue weighted by Crippen LogP contribution is 2.39. The number of aromatic nitrogens is 2. The third-order valence-electron chi connectivity index (χ3n) is 2.70. The quantitative estimate of drug-likeness (QED) is 0.718. The van der Waals surface area contributed by atoms with Crippen molar-refractivity contribution in [2.45, 2.75) is 32.6 Å². The van der Waals surface area contributed by atoms with Gasteiger partial charge in [-0.2, -0.15) is 4.98 Å². The lowest BCUT2D eigenvalue weighted by Gasteiger charge is -2.09. The molecule has 1 aliphatic carbocycles. The summed E-state index contributed by atoms with van der Waals surface area (Å²) in [6.07, 6.45) is 2.38. The van der Waals surface area contributed by atoms with Crippen LogP contribution in [0.15, 0.2) is 6.07 Å². The minimum absolute atomic E-state index is 0.526. The minimum Gasteiger partial charge on any atom is -0.475 e. The Labute approximate surface area is 108 Å². The maximum Gasteiger partial charge on any atom is 0.218 e. The van der Waals surface area contributed by atoms with E-state index in [0.29, 0.717) is 31.6 Å². The number of nitrogens with zero attached hydrogens (tertiary/aromatic N) is 2. The van der Waals surface area contributed by atoms with Gasteiger partial charge < -0.3 is 14.8 Å². The van der Waals surface area contributed by atoms with Crippen molar-refractivity contribution >= 4 is 5.82 Å². The summed E-state index contributed by atoms with van der Waals surface area (Å²) in [6.45, 7) is 6.70. The SMILES string of the molecule is CCNc1cc(OCCOCC)nc(C2CC2)n1. The van der Waals surface area contributed by atoms with E-state index >= 15 is 0 Å². The van der Waals surface area contributed by atoms with Gasteiger partial charge in [0.1, 0.15) is 18.2 Å². The Morgan fingerprint density at radius 1 is 1.28 bits per heavy atom. The van der Waals surface area contributed by atoms with Gasteiger partial charge in [-0.1, -0.05) is 0 Å². The Kier molecular flexibility index (Phi) is 4.75. The van der Waals surface area contributed by atoms with Crippen LogP contribution in [0.4, 0.5) is 5.82 Å². The Morgan fingerprint density at radius 2 is 2.11 bits per heavy atom. The Bertz CT molecular complexity index is 380. The average Bonchev–Trinajstić information content (AvgIpc) is 3.19. The van der Waals surface area contributed by atoms with Crippen molar-refractivity contribution in [1.82, 2.24) is 9.97 Å². The van der Waals surface area contributed by atoms with Crippen LogP contribution in [0.5, 0.6) is 5.88 Å². The largest absolute Gasteiger partial charge is 0.475 e. The van der Waals surface area contributed by atoms with Gasteiger partial charge >= 0.3 is 0 Å². The standard InChI is InChI=1S/C13H21N3O2/c1-3-14-11-9-12(18-8-7-17-4-2)16-13(15-11)10-5-6-10/h9-10H,3-8H2,1-2H3,(H,14,15,16). The summed E-state index contributed by atoms with van der Waals surface area (Å²) in [7, 11) is 0. The smallest absolute Gasteiger partial charge is 0.218 e. The predicted molar refractivity (Wildman–Crippen MR) is 70.2 cm³/mol. The zero-order valence-corrected chi connectivity index (χ0v) is 11.1. The predicted octanol–water partition coefficient (Wildman–Crippen LogP) is 2.20. The maximum atomic E-state index is 5.60. The lowest BCUT2D eigenvalue weighted by Crippen LogP contribution is -2.09. The van der Waals surface area contributed by atoms with Crippen molar-refractivity contribution in [3.8, 4) is 5.88 Å². The monoisotopic (exact) mass is 251 g/mol. The van der Waals surface area contributed by atoms with E-state index in [1.807, 2.05) is 13.0 Å². The normalized spacial score (nSPS) is 14.6. The number of hydrogen-bond donors (Lipinski definition) is 1. The summed E-state index contributed by atoms with van der Waals surface area (Å²) >= 11 is 0. The van der Waals surface area contributed by atoms with E-state index in [2.05, 4.69) is 22.2 Å². The van der Waals surface area contributed by atoms with Crippen LogP contribution in [0.2, 0.25) is 0 Å². The van der Waals surface area contributed by atoms with E-state index < -0.39 is 0 Å². The molecule has 1 aromatic rings. The molecule has 0 atom stereocenters. The fourth-order valence-electron chi connectivity index (χ4n) is 1.66. The molecule has 0 spiro atoms. The molecule has 0 aliphatic heterocycles. The Morgan fingerprint density at radius 3 is 2.78 bits per heavy atom. The van der Waals surface area contributed by atoms with E-state index in [0.717, 1.165) is 18.2 Å². The van der Waals surface area contributed by atoms with Crippen molar-refractivity contribution in [2.75, 3.05) is 31.7 Å². The number of ether oxygens (including phenoxy) is 2. The molecular weight excluding hydrogens is 230 g/mol. The van der Waals surface area contributed by atoms with Crippen molar-refractivity contribution in [2.24, 2.45) is 0 Å². The van der Waals surface area contributed by atoms with E-state index in [4.69, 9.17) is 9.47 Å².